The lowest BCUT2D eigenvalue weighted by Gasteiger charge is -2.21. The maximum atomic E-state index is 14.5. The topological polar surface area (TPSA) is 272 Å². The molecular formula is C65H47N3O18. The molecule has 2 aliphatic rings. The van der Waals surface area contributed by atoms with Crippen LogP contribution in [0, 0.1) is 0 Å². The lowest BCUT2D eigenvalue weighted by atomic mass is 9.98. The summed E-state index contributed by atoms with van der Waals surface area (Å²) in [5, 5.41) is 1.70. The molecule has 2 aliphatic heterocycles. The molecule has 21 nitrogen and oxygen atoms in total. The summed E-state index contributed by atoms with van der Waals surface area (Å²) in [4.78, 5) is 92.7. The van der Waals surface area contributed by atoms with E-state index in [-0.39, 0.29) is 96.2 Å². The number of rotatable bonds is 15. The molecule has 0 spiro atoms. The van der Waals surface area contributed by atoms with E-state index in [0.717, 1.165) is 0 Å². The highest BCUT2D eigenvalue weighted by Crippen LogP contribution is 2.46. The zero-order valence-corrected chi connectivity index (χ0v) is 46.0. The van der Waals surface area contributed by atoms with E-state index in [1.165, 1.54) is 14.2 Å². The summed E-state index contributed by atoms with van der Waals surface area (Å²) in [6.45, 7) is 1.90. The Bertz CT molecular complexity index is 5000. The van der Waals surface area contributed by atoms with Crippen molar-refractivity contribution in [3.8, 4) is 67.9 Å². The molecule has 0 amide bonds. The highest BCUT2D eigenvalue weighted by molar-refractivity contribution is 6.15. The van der Waals surface area contributed by atoms with Gasteiger partial charge in [0.25, 0.3) is 16.7 Å². The van der Waals surface area contributed by atoms with Crippen molar-refractivity contribution in [1.82, 2.24) is 15.0 Å². The van der Waals surface area contributed by atoms with Gasteiger partial charge < -0.3 is 70.8 Å². The van der Waals surface area contributed by atoms with Gasteiger partial charge >= 0.3 is 17.9 Å². The van der Waals surface area contributed by atoms with E-state index < -0.39 is 34.6 Å². The van der Waals surface area contributed by atoms with E-state index in [1.54, 1.807) is 104 Å². The smallest absolute Gasteiger partial charge is 0.344 e. The number of carbonyl (C=O) groups is 3. The third-order valence-electron chi connectivity index (χ3n) is 15.2. The molecule has 430 valence electrons. The molecule has 6 aromatic heterocycles. The lowest BCUT2D eigenvalue weighted by Crippen LogP contribution is -2.22. The number of carbonyl (C=O) groups excluding carboxylic acids is 3. The number of benzene rings is 6. The van der Waals surface area contributed by atoms with E-state index in [0.29, 0.717) is 118 Å². The molecule has 0 unspecified atom stereocenters. The molecule has 0 saturated carbocycles. The van der Waals surface area contributed by atoms with Gasteiger partial charge in [-0.15, -0.1) is 0 Å². The second-order valence-electron chi connectivity index (χ2n) is 20.2. The zero-order valence-electron chi connectivity index (χ0n) is 46.0. The summed E-state index contributed by atoms with van der Waals surface area (Å²) >= 11 is 0. The van der Waals surface area contributed by atoms with Crippen molar-refractivity contribution in [2.75, 3.05) is 54.0 Å². The van der Waals surface area contributed by atoms with E-state index in [2.05, 4.69) is 15.0 Å². The highest BCUT2D eigenvalue weighted by Gasteiger charge is 2.32. The summed E-state index contributed by atoms with van der Waals surface area (Å²) in [6, 6.07) is 32.9. The van der Waals surface area contributed by atoms with Crippen LogP contribution in [0.4, 0.5) is 0 Å². The van der Waals surface area contributed by atoms with Gasteiger partial charge in [0, 0.05) is 51.8 Å². The van der Waals surface area contributed by atoms with E-state index in [9.17, 15) is 28.8 Å². The van der Waals surface area contributed by atoms with Crippen LogP contribution in [0.25, 0.3) is 99.6 Å². The van der Waals surface area contributed by atoms with Crippen LogP contribution in [0.2, 0.25) is 0 Å². The molecule has 0 fully saturated rings. The molecule has 0 saturated heterocycles. The van der Waals surface area contributed by atoms with Gasteiger partial charge in [0.1, 0.15) is 58.2 Å². The Kier molecular flexibility index (Phi) is 13.0. The molecule has 12 aromatic rings. The quantitative estimate of drug-likeness (QED) is 0.0635. The minimum atomic E-state index is -0.955. The fourth-order valence-corrected chi connectivity index (χ4v) is 11.3. The first-order valence-electron chi connectivity index (χ1n) is 27.3. The van der Waals surface area contributed by atoms with Crippen LogP contribution in [-0.4, -0.2) is 86.9 Å². The Labute approximate surface area is 483 Å². The standard InChI is InChI=1S/C65H47N3O18/c1-4-77-63(72)52-49(40-9-7-11-43-56(40)79-23-22-78-43)59-55(68-62(52)71)39-16-13-32(25-45(39)86-59)19-21-81-65(74)51-48(34-26-35(75-2)29-36(27-34)76-3)58-54(67-61(51)70)38-15-12-31(24-44(38)85-58)18-20-80-64(73)50-47(33-14-17-42-46(28-33)83-30-82-42)57-53(66-60(50)69)37-8-5-6-10-41(37)84-57/h5-17,24-29H,4,18-23,30H2,1-3H3,(H,66,69)(H,67,70)(H,68,71). The average Bonchev–Trinajstić information content (AvgIpc) is 1.70. The number of hydrogen-bond donors (Lipinski definition) is 3. The number of furan rings is 3. The van der Waals surface area contributed by atoms with Crippen LogP contribution in [0.5, 0.6) is 34.5 Å². The molecule has 0 aliphatic carbocycles. The maximum absolute atomic E-state index is 14.5. The van der Waals surface area contributed by atoms with Crippen molar-refractivity contribution in [2.45, 2.75) is 19.8 Å². The fourth-order valence-electron chi connectivity index (χ4n) is 11.3. The molecule has 0 atom stereocenters. The first kappa shape index (κ1) is 52.8. The SMILES string of the molecule is CCOC(=O)c1c(-c2cccc3c2OCCO3)c2oc3cc(CCOC(=O)c4c(-c5cc(OC)cc(OC)c5)c5oc6cc(CCOC(=O)c7c(-c8ccc9c(c8)OCO9)c8oc9ccccc9c8[nH]c7=O)ccc6c5[nH]c4=O)ccc3c2[nH]c1=O. The second kappa shape index (κ2) is 21.2. The maximum Gasteiger partial charge on any atom is 0.344 e. The van der Waals surface area contributed by atoms with Gasteiger partial charge in [0.05, 0.1) is 56.2 Å². The number of fused-ring (bicyclic) bond motifs is 11. The van der Waals surface area contributed by atoms with Crippen LogP contribution in [0.15, 0.2) is 143 Å². The van der Waals surface area contributed by atoms with Gasteiger partial charge in [-0.25, -0.2) is 14.4 Å². The highest BCUT2D eigenvalue weighted by atomic mass is 16.7. The average molecular weight is 1160 g/mol. The number of aromatic amines is 3. The summed E-state index contributed by atoms with van der Waals surface area (Å²) in [5.41, 5.74) is 2.95. The van der Waals surface area contributed by atoms with Crippen LogP contribution >= 0.6 is 0 Å². The summed E-state index contributed by atoms with van der Waals surface area (Å²) in [7, 11) is 2.94. The van der Waals surface area contributed by atoms with Crippen molar-refractivity contribution in [3.05, 3.63) is 174 Å². The molecular weight excluding hydrogens is 1110 g/mol. The second-order valence-corrected chi connectivity index (χ2v) is 20.2. The van der Waals surface area contributed by atoms with Gasteiger partial charge in [-0.1, -0.05) is 42.5 Å². The van der Waals surface area contributed by atoms with E-state index in [1.807, 2.05) is 18.2 Å². The number of para-hydroxylation sites is 2. The molecule has 86 heavy (non-hydrogen) atoms. The number of methoxy groups -OCH3 is 2. The van der Waals surface area contributed by atoms with Crippen LogP contribution < -0.4 is 45.1 Å². The Morgan fingerprint density at radius 3 is 1.63 bits per heavy atom. The molecule has 8 heterocycles. The minimum absolute atomic E-state index is 0.0202. The summed E-state index contributed by atoms with van der Waals surface area (Å²) < 4.78 is 70.6. The zero-order chi connectivity index (χ0) is 58.9. The first-order chi connectivity index (χ1) is 42.0. The van der Waals surface area contributed by atoms with Crippen LogP contribution in [0.1, 0.15) is 49.1 Å². The van der Waals surface area contributed by atoms with Crippen molar-refractivity contribution in [2.24, 2.45) is 0 Å². The van der Waals surface area contributed by atoms with E-state index >= 15 is 0 Å². The number of esters is 3. The number of ether oxygens (including phenoxy) is 9. The third kappa shape index (κ3) is 8.94. The number of nitrogens with one attached hydrogen (secondary N) is 3. The first-order valence-corrected chi connectivity index (χ1v) is 27.3. The predicted molar refractivity (Wildman–Crippen MR) is 313 cm³/mol. The predicted octanol–water partition coefficient (Wildman–Crippen LogP) is 10.9. The number of H-pyrrole nitrogens is 3. The Hall–Kier alpha value is -11.2. The van der Waals surface area contributed by atoms with Gasteiger partial charge in [-0.3, -0.25) is 14.4 Å². The normalized spacial score (nSPS) is 12.6. The molecule has 14 rings (SSSR count). The largest absolute Gasteiger partial charge is 0.497 e. The van der Waals surface area contributed by atoms with Crippen LogP contribution in [-0.2, 0) is 27.1 Å². The third-order valence-corrected chi connectivity index (χ3v) is 15.2. The molecule has 0 bridgehead atoms. The number of hydrogen-bond acceptors (Lipinski definition) is 18. The molecule has 3 N–H and O–H groups in total. The molecule has 6 aromatic carbocycles. The summed E-state index contributed by atoms with van der Waals surface area (Å²) in [6.07, 6.45) is 0.338. The van der Waals surface area contributed by atoms with Gasteiger partial charge in [-0.2, -0.15) is 0 Å². The Morgan fingerprint density at radius 1 is 0.477 bits per heavy atom. The Balaban J connectivity index is 0.758. The van der Waals surface area contributed by atoms with Crippen molar-refractivity contribution in [1.29, 1.82) is 0 Å². The van der Waals surface area contributed by atoms with Gasteiger partial charge in [0.2, 0.25) is 6.79 Å². The molecule has 0 radical (unpaired) electrons. The van der Waals surface area contributed by atoms with Crippen molar-refractivity contribution >= 4 is 84.1 Å². The van der Waals surface area contributed by atoms with Crippen LogP contribution in [0.3, 0.4) is 0 Å². The molecule has 21 heteroatoms. The van der Waals surface area contributed by atoms with E-state index in [4.69, 9.17) is 55.9 Å². The monoisotopic (exact) mass is 1160 g/mol. The Morgan fingerprint density at radius 2 is 1.01 bits per heavy atom. The van der Waals surface area contributed by atoms with Gasteiger partial charge in [-0.05, 0) is 95.9 Å². The van der Waals surface area contributed by atoms with Gasteiger partial charge in [0.15, 0.2) is 39.7 Å². The lowest BCUT2D eigenvalue weighted by molar-refractivity contribution is 0.0498. The minimum Gasteiger partial charge on any atom is -0.497 e. The number of pyridine rings is 3. The van der Waals surface area contributed by atoms with Crippen molar-refractivity contribution in [3.63, 3.8) is 0 Å². The number of aromatic nitrogens is 3. The van der Waals surface area contributed by atoms with Crippen molar-refractivity contribution < 1.29 is 70.3 Å². The fraction of sp³-hybridized carbons (Fsp3) is 0.169. The summed E-state index contributed by atoms with van der Waals surface area (Å²) in [5.74, 6) is -0.218.